The predicted molar refractivity (Wildman–Crippen MR) is 108 cm³/mol. The van der Waals surface area contributed by atoms with Gasteiger partial charge in [0.1, 0.15) is 5.82 Å². The van der Waals surface area contributed by atoms with Crippen molar-refractivity contribution in [1.29, 1.82) is 0 Å². The van der Waals surface area contributed by atoms with Crippen LogP contribution in [-0.2, 0) is 14.3 Å². The number of rotatable bonds is 7. The van der Waals surface area contributed by atoms with Crippen LogP contribution in [0.25, 0.3) is 11.5 Å². The van der Waals surface area contributed by atoms with Crippen molar-refractivity contribution in [2.24, 2.45) is 0 Å². The SMILES string of the molecule is COC(=O)c1ccc(C(=O)OC)c(NC(=O)CSc2nnc(-c3cccc(F)c3)o2)c1. The Morgan fingerprint density at radius 3 is 2.55 bits per heavy atom. The maximum atomic E-state index is 13.3. The third kappa shape index (κ3) is 5.45. The molecule has 31 heavy (non-hydrogen) atoms. The van der Waals surface area contributed by atoms with E-state index in [0.717, 1.165) is 11.8 Å². The second-order valence-electron chi connectivity index (χ2n) is 5.96. The Kier molecular flexibility index (Phi) is 6.98. The Hall–Kier alpha value is -3.73. The van der Waals surface area contributed by atoms with E-state index < -0.39 is 23.7 Å². The molecule has 0 aliphatic rings. The minimum Gasteiger partial charge on any atom is -0.465 e. The molecule has 1 heterocycles. The van der Waals surface area contributed by atoms with E-state index in [4.69, 9.17) is 9.15 Å². The van der Waals surface area contributed by atoms with E-state index in [9.17, 15) is 18.8 Å². The number of thioether (sulfide) groups is 1. The maximum Gasteiger partial charge on any atom is 0.339 e. The van der Waals surface area contributed by atoms with E-state index in [1.807, 2.05) is 0 Å². The van der Waals surface area contributed by atoms with Crippen molar-refractivity contribution in [3.63, 3.8) is 0 Å². The summed E-state index contributed by atoms with van der Waals surface area (Å²) in [5, 5.41) is 10.3. The smallest absolute Gasteiger partial charge is 0.339 e. The summed E-state index contributed by atoms with van der Waals surface area (Å²) in [6.45, 7) is 0. The first-order valence-corrected chi connectivity index (χ1v) is 9.72. The van der Waals surface area contributed by atoms with Gasteiger partial charge in [-0.2, -0.15) is 0 Å². The highest BCUT2D eigenvalue weighted by Gasteiger charge is 2.18. The molecule has 0 bridgehead atoms. The summed E-state index contributed by atoms with van der Waals surface area (Å²) in [4.78, 5) is 36.1. The van der Waals surface area contributed by atoms with Gasteiger partial charge in [0.05, 0.1) is 36.8 Å². The van der Waals surface area contributed by atoms with Gasteiger partial charge in [-0.3, -0.25) is 4.79 Å². The first kappa shape index (κ1) is 22.0. The van der Waals surface area contributed by atoms with E-state index >= 15 is 0 Å². The lowest BCUT2D eigenvalue weighted by molar-refractivity contribution is -0.113. The molecule has 1 N–H and O–H groups in total. The lowest BCUT2D eigenvalue weighted by Crippen LogP contribution is -2.18. The zero-order valence-corrected chi connectivity index (χ0v) is 17.2. The topological polar surface area (TPSA) is 121 Å². The third-order valence-corrected chi connectivity index (χ3v) is 4.74. The zero-order valence-electron chi connectivity index (χ0n) is 16.4. The average Bonchev–Trinajstić information content (AvgIpc) is 3.26. The van der Waals surface area contributed by atoms with Crippen LogP contribution in [0.4, 0.5) is 10.1 Å². The summed E-state index contributed by atoms with van der Waals surface area (Å²) in [6.07, 6.45) is 0. The molecule has 3 aromatic rings. The number of hydrogen-bond acceptors (Lipinski definition) is 9. The van der Waals surface area contributed by atoms with Gasteiger partial charge in [0, 0.05) is 5.56 Å². The van der Waals surface area contributed by atoms with Crippen molar-refractivity contribution < 1.29 is 32.7 Å². The molecule has 1 amide bonds. The van der Waals surface area contributed by atoms with E-state index in [1.54, 1.807) is 6.07 Å². The van der Waals surface area contributed by atoms with Crippen molar-refractivity contribution >= 4 is 35.3 Å². The summed E-state index contributed by atoms with van der Waals surface area (Å²) < 4.78 is 28.1. The molecular formula is C20H16FN3O6S. The molecule has 0 saturated heterocycles. The minimum absolute atomic E-state index is 0.0692. The van der Waals surface area contributed by atoms with Crippen molar-refractivity contribution in [3.8, 4) is 11.5 Å². The number of nitrogens with zero attached hydrogens (tertiary/aromatic N) is 2. The Bertz CT molecular complexity index is 1130. The number of methoxy groups -OCH3 is 2. The maximum absolute atomic E-state index is 13.3. The van der Waals surface area contributed by atoms with Crippen LogP contribution in [0, 0.1) is 5.82 Å². The molecule has 0 aliphatic carbocycles. The molecule has 0 spiro atoms. The van der Waals surface area contributed by atoms with Gasteiger partial charge >= 0.3 is 11.9 Å². The first-order chi connectivity index (χ1) is 14.9. The predicted octanol–water partition coefficient (Wildman–Crippen LogP) is 3.18. The fourth-order valence-corrected chi connectivity index (χ4v) is 3.06. The Labute approximate surface area is 179 Å². The van der Waals surface area contributed by atoms with Gasteiger partial charge in [-0.1, -0.05) is 17.8 Å². The molecule has 3 rings (SSSR count). The summed E-state index contributed by atoms with van der Waals surface area (Å²) >= 11 is 0.949. The second-order valence-corrected chi connectivity index (χ2v) is 6.89. The van der Waals surface area contributed by atoms with E-state index in [-0.39, 0.29) is 33.7 Å². The van der Waals surface area contributed by atoms with Gasteiger partial charge in [-0.05, 0) is 36.4 Å². The summed E-state index contributed by atoms with van der Waals surface area (Å²) in [5.41, 5.74) is 0.715. The van der Waals surface area contributed by atoms with Crippen LogP contribution in [0.3, 0.4) is 0 Å². The molecule has 0 atom stereocenters. The normalized spacial score (nSPS) is 10.4. The van der Waals surface area contributed by atoms with Crippen LogP contribution in [0.15, 0.2) is 52.1 Å². The van der Waals surface area contributed by atoms with Crippen molar-refractivity contribution in [1.82, 2.24) is 10.2 Å². The van der Waals surface area contributed by atoms with Crippen LogP contribution in [0.2, 0.25) is 0 Å². The van der Waals surface area contributed by atoms with Gasteiger partial charge < -0.3 is 19.2 Å². The number of aromatic nitrogens is 2. The molecule has 2 aromatic carbocycles. The van der Waals surface area contributed by atoms with Gasteiger partial charge in [-0.15, -0.1) is 10.2 Å². The van der Waals surface area contributed by atoms with E-state index in [2.05, 4.69) is 20.3 Å². The number of carbonyl (C=O) groups is 3. The van der Waals surface area contributed by atoms with Crippen LogP contribution >= 0.6 is 11.8 Å². The van der Waals surface area contributed by atoms with Crippen LogP contribution < -0.4 is 5.32 Å². The molecule has 0 saturated carbocycles. The standard InChI is InChI=1S/C20H16FN3O6S/c1-28-18(26)12-6-7-14(19(27)29-2)15(9-12)22-16(25)10-31-20-24-23-17(30-20)11-4-3-5-13(21)8-11/h3-9H,10H2,1-2H3,(H,22,25). The molecule has 0 unspecified atom stereocenters. The lowest BCUT2D eigenvalue weighted by atomic mass is 10.1. The zero-order chi connectivity index (χ0) is 22.4. The monoisotopic (exact) mass is 445 g/mol. The van der Waals surface area contributed by atoms with Crippen LogP contribution in [-0.4, -0.2) is 48.0 Å². The van der Waals surface area contributed by atoms with Gasteiger partial charge in [0.2, 0.25) is 11.8 Å². The minimum atomic E-state index is -0.684. The fraction of sp³-hybridized carbons (Fsp3) is 0.150. The molecular weight excluding hydrogens is 429 g/mol. The molecule has 0 radical (unpaired) electrons. The highest BCUT2D eigenvalue weighted by atomic mass is 32.2. The highest BCUT2D eigenvalue weighted by molar-refractivity contribution is 7.99. The number of benzene rings is 2. The number of amides is 1. The van der Waals surface area contributed by atoms with Gasteiger partial charge in [0.15, 0.2) is 0 Å². The Balaban J connectivity index is 1.69. The molecule has 160 valence electrons. The van der Waals surface area contributed by atoms with Gasteiger partial charge in [0.25, 0.3) is 5.22 Å². The molecule has 0 aliphatic heterocycles. The van der Waals surface area contributed by atoms with Crippen molar-refractivity contribution in [3.05, 3.63) is 59.4 Å². The largest absolute Gasteiger partial charge is 0.465 e. The molecule has 1 aromatic heterocycles. The number of halogens is 1. The number of hydrogen-bond donors (Lipinski definition) is 1. The summed E-state index contributed by atoms with van der Waals surface area (Å²) in [5.74, 6) is -2.27. The number of ether oxygens (including phenoxy) is 2. The first-order valence-electron chi connectivity index (χ1n) is 8.74. The van der Waals surface area contributed by atoms with Gasteiger partial charge in [-0.25, -0.2) is 14.0 Å². The summed E-state index contributed by atoms with van der Waals surface area (Å²) in [6, 6.07) is 9.71. The quantitative estimate of drug-likeness (QED) is 0.432. The number of carbonyl (C=O) groups excluding carboxylic acids is 3. The third-order valence-electron chi connectivity index (χ3n) is 3.92. The van der Waals surface area contributed by atoms with E-state index in [1.165, 1.54) is 50.6 Å². The molecule has 0 fully saturated rings. The summed E-state index contributed by atoms with van der Waals surface area (Å²) in [7, 11) is 2.41. The number of anilines is 1. The van der Waals surface area contributed by atoms with Crippen LogP contribution in [0.1, 0.15) is 20.7 Å². The van der Waals surface area contributed by atoms with Crippen molar-refractivity contribution in [2.75, 3.05) is 25.3 Å². The highest BCUT2D eigenvalue weighted by Crippen LogP contribution is 2.24. The number of nitrogens with one attached hydrogen (secondary N) is 1. The van der Waals surface area contributed by atoms with Crippen molar-refractivity contribution in [2.45, 2.75) is 5.22 Å². The Morgan fingerprint density at radius 2 is 1.84 bits per heavy atom. The lowest BCUT2D eigenvalue weighted by Gasteiger charge is -2.11. The van der Waals surface area contributed by atoms with Crippen LogP contribution in [0.5, 0.6) is 0 Å². The molecule has 11 heteroatoms. The second kappa shape index (κ2) is 9.85. The fourth-order valence-electron chi connectivity index (χ4n) is 2.50. The van der Waals surface area contributed by atoms with E-state index in [0.29, 0.717) is 5.56 Å². The molecule has 9 nitrogen and oxygen atoms in total. The average molecular weight is 445 g/mol. The Morgan fingerprint density at radius 1 is 1.06 bits per heavy atom. The number of esters is 2.